The molecule has 0 spiro atoms. The number of aromatic nitrogens is 2. The maximum absolute atomic E-state index is 11.9. The van der Waals surface area contributed by atoms with Gasteiger partial charge in [0.25, 0.3) is 5.56 Å². The first-order chi connectivity index (χ1) is 8.27. The van der Waals surface area contributed by atoms with Crippen LogP contribution in [0.4, 0.5) is 0 Å². The lowest BCUT2D eigenvalue weighted by Crippen LogP contribution is -2.33. The number of aryl methyl sites for hydroxylation is 1. The van der Waals surface area contributed by atoms with Gasteiger partial charge in [0.05, 0.1) is 0 Å². The highest BCUT2D eigenvalue weighted by atomic mass is 16.1. The maximum Gasteiger partial charge on any atom is 0.276 e. The van der Waals surface area contributed by atoms with Crippen molar-refractivity contribution < 1.29 is 0 Å². The average Bonchev–Trinajstić information content (AvgIpc) is 2.79. The Balaban J connectivity index is 2.10. The summed E-state index contributed by atoms with van der Waals surface area (Å²) in [6.07, 6.45) is 4.48. The van der Waals surface area contributed by atoms with Crippen LogP contribution in [0.15, 0.2) is 4.79 Å². The van der Waals surface area contributed by atoms with E-state index < -0.39 is 0 Å². The Morgan fingerprint density at radius 3 is 3.06 bits per heavy atom. The number of nitrogens with one attached hydrogen (secondary N) is 1. The number of nitrogens with zero attached hydrogens (tertiary/aromatic N) is 2. The van der Waals surface area contributed by atoms with E-state index in [1.807, 2.05) is 6.92 Å². The van der Waals surface area contributed by atoms with Crippen LogP contribution in [0.1, 0.15) is 42.3 Å². The molecule has 1 atom stereocenters. The summed E-state index contributed by atoms with van der Waals surface area (Å²) in [6.45, 7) is 5.08. The minimum absolute atomic E-state index is 0.0151. The fraction of sp³-hybridized carbons (Fsp3) is 0.692. The highest BCUT2D eigenvalue weighted by Crippen LogP contribution is 2.27. The van der Waals surface area contributed by atoms with Crippen LogP contribution in [-0.2, 0) is 13.0 Å². The van der Waals surface area contributed by atoms with Crippen LogP contribution < -0.4 is 10.9 Å². The van der Waals surface area contributed by atoms with Crippen molar-refractivity contribution >= 4 is 0 Å². The third kappa shape index (κ3) is 1.80. The Hall–Kier alpha value is -1.16. The van der Waals surface area contributed by atoms with E-state index in [0.29, 0.717) is 5.92 Å². The molecular weight excluding hydrogens is 214 g/mol. The molecule has 3 heterocycles. The summed E-state index contributed by atoms with van der Waals surface area (Å²) in [5.41, 5.74) is 2.10. The lowest BCUT2D eigenvalue weighted by molar-refractivity contribution is 0.436. The van der Waals surface area contributed by atoms with Crippen molar-refractivity contribution in [3.05, 3.63) is 27.4 Å². The second-order valence-corrected chi connectivity index (χ2v) is 5.14. The van der Waals surface area contributed by atoms with Crippen molar-refractivity contribution in [2.45, 2.75) is 45.1 Å². The van der Waals surface area contributed by atoms with Crippen molar-refractivity contribution in [3.63, 3.8) is 0 Å². The van der Waals surface area contributed by atoms with Gasteiger partial charge in [-0.1, -0.05) is 0 Å². The Kier molecular flexibility index (Phi) is 2.74. The van der Waals surface area contributed by atoms with Crippen molar-refractivity contribution in [2.24, 2.45) is 0 Å². The third-order valence-electron chi connectivity index (χ3n) is 4.00. The number of fused-ring (bicyclic) bond motifs is 1. The lowest BCUT2D eigenvalue weighted by atomic mass is 9.93. The van der Waals surface area contributed by atoms with Gasteiger partial charge >= 0.3 is 0 Å². The van der Waals surface area contributed by atoms with Crippen molar-refractivity contribution in [3.8, 4) is 0 Å². The molecule has 4 nitrogen and oxygen atoms in total. The molecule has 1 unspecified atom stereocenters. The highest BCUT2D eigenvalue weighted by Gasteiger charge is 2.25. The molecule has 0 saturated carbocycles. The molecule has 2 aliphatic rings. The van der Waals surface area contributed by atoms with Gasteiger partial charge in [-0.05, 0) is 32.7 Å². The highest BCUT2D eigenvalue weighted by molar-refractivity contribution is 5.24. The van der Waals surface area contributed by atoms with Crippen LogP contribution in [-0.4, -0.2) is 22.6 Å². The van der Waals surface area contributed by atoms with E-state index in [9.17, 15) is 4.79 Å². The zero-order valence-electron chi connectivity index (χ0n) is 10.3. The molecule has 1 aromatic heterocycles. The topological polar surface area (TPSA) is 46.9 Å². The molecular formula is C13H19N3O. The van der Waals surface area contributed by atoms with Gasteiger partial charge in [-0.3, -0.25) is 4.79 Å². The normalized spacial score (nSPS) is 23.7. The SMILES string of the molecule is Cc1c(C2CCCNC2)n2c(nc1=O)CCC2. The molecule has 0 amide bonds. The van der Waals surface area contributed by atoms with E-state index in [4.69, 9.17) is 0 Å². The van der Waals surface area contributed by atoms with E-state index in [1.165, 1.54) is 18.5 Å². The molecule has 17 heavy (non-hydrogen) atoms. The molecule has 0 radical (unpaired) electrons. The molecule has 2 aliphatic heterocycles. The minimum atomic E-state index is -0.0151. The summed E-state index contributed by atoms with van der Waals surface area (Å²) in [5, 5.41) is 3.44. The summed E-state index contributed by atoms with van der Waals surface area (Å²) >= 11 is 0. The Morgan fingerprint density at radius 2 is 2.29 bits per heavy atom. The second-order valence-electron chi connectivity index (χ2n) is 5.14. The van der Waals surface area contributed by atoms with Crippen molar-refractivity contribution in [1.82, 2.24) is 14.9 Å². The Bertz CT molecular complexity index is 486. The first kappa shape index (κ1) is 11.0. The summed E-state index contributed by atoms with van der Waals surface area (Å²) in [6, 6.07) is 0. The predicted octanol–water partition coefficient (Wildman–Crippen LogP) is 0.965. The summed E-state index contributed by atoms with van der Waals surface area (Å²) in [5.74, 6) is 1.50. The fourth-order valence-corrected chi connectivity index (χ4v) is 3.16. The zero-order chi connectivity index (χ0) is 11.8. The van der Waals surface area contributed by atoms with Crippen molar-refractivity contribution in [2.75, 3.05) is 13.1 Å². The number of hydrogen-bond acceptors (Lipinski definition) is 3. The molecule has 0 aromatic carbocycles. The first-order valence-corrected chi connectivity index (χ1v) is 6.58. The van der Waals surface area contributed by atoms with Gasteiger partial charge in [0.1, 0.15) is 5.82 Å². The van der Waals surface area contributed by atoms with Crippen LogP contribution in [0, 0.1) is 6.92 Å². The predicted molar refractivity (Wildman–Crippen MR) is 66.4 cm³/mol. The van der Waals surface area contributed by atoms with Gasteiger partial charge in [-0.25, -0.2) is 0 Å². The third-order valence-corrected chi connectivity index (χ3v) is 4.00. The maximum atomic E-state index is 11.9. The van der Waals surface area contributed by atoms with Gasteiger partial charge in [-0.2, -0.15) is 4.98 Å². The monoisotopic (exact) mass is 233 g/mol. The molecule has 1 saturated heterocycles. The number of piperidine rings is 1. The van der Waals surface area contributed by atoms with E-state index >= 15 is 0 Å². The van der Waals surface area contributed by atoms with Crippen LogP contribution in [0.2, 0.25) is 0 Å². The minimum Gasteiger partial charge on any atom is -0.333 e. The quantitative estimate of drug-likeness (QED) is 0.786. The molecule has 0 bridgehead atoms. The molecule has 1 aromatic rings. The van der Waals surface area contributed by atoms with Gasteiger partial charge in [0.2, 0.25) is 0 Å². The number of hydrogen-bond donors (Lipinski definition) is 1. The van der Waals surface area contributed by atoms with Crippen LogP contribution in [0.3, 0.4) is 0 Å². The smallest absolute Gasteiger partial charge is 0.276 e. The van der Waals surface area contributed by atoms with Gasteiger partial charge < -0.3 is 9.88 Å². The summed E-state index contributed by atoms with van der Waals surface area (Å²) in [4.78, 5) is 16.1. The van der Waals surface area contributed by atoms with Gasteiger partial charge in [-0.15, -0.1) is 0 Å². The standard InChI is InChI=1S/C13H19N3O/c1-9-12(10-4-2-6-14-8-10)16-7-3-5-11(16)15-13(9)17/h10,14H,2-8H2,1H3. The van der Waals surface area contributed by atoms with Crippen LogP contribution in [0.5, 0.6) is 0 Å². The lowest BCUT2D eigenvalue weighted by Gasteiger charge is -2.27. The molecule has 92 valence electrons. The van der Waals surface area contributed by atoms with Gasteiger partial charge in [0.15, 0.2) is 0 Å². The Labute approximate surface area is 101 Å². The summed E-state index contributed by atoms with van der Waals surface area (Å²) < 4.78 is 2.30. The second kappa shape index (κ2) is 4.26. The molecule has 4 heteroatoms. The molecule has 3 rings (SSSR count). The van der Waals surface area contributed by atoms with E-state index in [0.717, 1.165) is 43.9 Å². The van der Waals surface area contributed by atoms with Crippen molar-refractivity contribution in [1.29, 1.82) is 0 Å². The van der Waals surface area contributed by atoms with E-state index in [2.05, 4.69) is 14.9 Å². The average molecular weight is 233 g/mol. The molecule has 1 fully saturated rings. The first-order valence-electron chi connectivity index (χ1n) is 6.58. The largest absolute Gasteiger partial charge is 0.333 e. The van der Waals surface area contributed by atoms with E-state index in [-0.39, 0.29) is 5.56 Å². The number of rotatable bonds is 1. The van der Waals surface area contributed by atoms with E-state index in [1.54, 1.807) is 0 Å². The molecule has 0 aliphatic carbocycles. The van der Waals surface area contributed by atoms with Crippen LogP contribution in [0.25, 0.3) is 0 Å². The van der Waals surface area contributed by atoms with Crippen LogP contribution >= 0.6 is 0 Å². The summed E-state index contributed by atoms with van der Waals surface area (Å²) in [7, 11) is 0. The van der Waals surface area contributed by atoms with Gasteiger partial charge in [0, 0.05) is 36.7 Å². The zero-order valence-corrected chi connectivity index (χ0v) is 10.3. The fourth-order valence-electron chi connectivity index (χ4n) is 3.16. The molecule has 1 N–H and O–H groups in total. The Morgan fingerprint density at radius 1 is 1.41 bits per heavy atom.